The minimum absolute atomic E-state index is 0.0347. The highest BCUT2D eigenvalue weighted by atomic mass is 16.6. The summed E-state index contributed by atoms with van der Waals surface area (Å²) < 4.78 is 6.84. The molecule has 1 aromatic carbocycles. The third-order valence-corrected chi connectivity index (χ3v) is 4.53. The first kappa shape index (κ1) is 18.0. The van der Waals surface area contributed by atoms with Gasteiger partial charge in [0.25, 0.3) is 5.91 Å². The highest BCUT2D eigenvalue weighted by Crippen LogP contribution is 2.18. The van der Waals surface area contributed by atoms with Crippen LogP contribution in [0.4, 0.5) is 4.79 Å². The van der Waals surface area contributed by atoms with Crippen molar-refractivity contribution < 1.29 is 14.3 Å². The monoisotopic (exact) mass is 356 g/mol. The quantitative estimate of drug-likeness (QED) is 0.843. The molecule has 1 saturated heterocycles. The summed E-state index contributed by atoms with van der Waals surface area (Å²) >= 11 is 0. The molecule has 7 heteroatoms. The van der Waals surface area contributed by atoms with E-state index in [1.165, 1.54) is 0 Å². The Morgan fingerprint density at radius 2 is 1.69 bits per heavy atom. The molecule has 7 nitrogen and oxygen atoms in total. The fourth-order valence-corrected chi connectivity index (χ4v) is 3.16. The number of ether oxygens (including phenoxy) is 1. The maximum Gasteiger partial charge on any atom is 0.409 e. The fourth-order valence-electron chi connectivity index (χ4n) is 3.16. The Morgan fingerprint density at radius 1 is 1.04 bits per heavy atom. The first-order chi connectivity index (χ1) is 12.7. The summed E-state index contributed by atoms with van der Waals surface area (Å²) in [5, 5.41) is 4.43. The lowest BCUT2D eigenvalue weighted by Crippen LogP contribution is -2.50. The maximum atomic E-state index is 13.0. The lowest BCUT2D eigenvalue weighted by atomic mass is 10.1. The third-order valence-electron chi connectivity index (χ3n) is 4.53. The number of piperazine rings is 1. The van der Waals surface area contributed by atoms with Crippen LogP contribution < -0.4 is 0 Å². The van der Waals surface area contributed by atoms with Crippen molar-refractivity contribution in [3.05, 3.63) is 47.8 Å². The van der Waals surface area contributed by atoms with Gasteiger partial charge in [-0.05, 0) is 25.5 Å². The lowest BCUT2D eigenvalue weighted by Gasteiger charge is -2.34. The van der Waals surface area contributed by atoms with E-state index < -0.39 is 0 Å². The second kappa shape index (κ2) is 8.03. The predicted octanol–water partition coefficient (Wildman–Crippen LogP) is 2.35. The second-order valence-electron chi connectivity index (χ2n) is 6.08. The SMILES string of the molecule is CCOC(=O)N1CCN(C(=O)c2cnn(-c3ccccc3)c2CC)CC1. The van der Waals surface area contributed by atoms with Gasteiger partial charge in [0.2, 0.25) is 0 Å². The van der Waals surface area contributed by atoms with Gasteiger partial charge in [-0.1, -0.05) is 25.1 Å². The van der Waals surface area contributed by atoms with Crippen molar-refractivity contribution in [2.45, 2.75) is 20.3 Å². The van der Waals surface area contributed by atoms with Crippen LogP contribution in [0.1, 0.15) is 29.9 Å². The molecule has 0 saturated carbocycles. The Labute approximate surface area is 153 Å². The minimum Gasteiger partial charge on any atom is -0.450 e. The third kappa shape index (κ3) is 3.56. The molecule has 138 valence electrons. The largest absolute Gasteiger partial charge is 0.450 e. The lowest BCUT2D eigenvalue weighted by molar-refractivity contribution is 0.0569. The van der Waals surface area contributed by atoms with Crippen LogP contribution in [0.2, 0.25) is 0 Å². The zero-order valence-corrected chi connectivity index (χ0v) is 15.2. The summed E-state index contributed by atoms with van der Waals surface area (Å²) in [6.07, 6.45) is 2.04. The van der Waals surface area contributed by atoms with Gasteiger partial charge in [-0.15, -0.1) is 0 Å². The number of hydrogen-bond donors (Lipinski definition) is 0. The van der Waals surface area contributed by atoms with Gasteiger partial charge in [0.05, 0.1) is 29.7 Å². The number of carbonyl (C=O) groups excluding carboxylic acids is 2. The van der Waals surface area contributed by atoms with Crippen LogP contribution in [-0.2, 0) is 11.2 Å². The van der Waals surface area contributed by atoms with Crippen LogP contribution in [0.25, 0.3) is 5.69 Å². The molecule has 0 unspecified atom stereocenters. The molecule has 0 N–H and O–H groups in total. The van der Waals surface area contributed by atoms with Gasteiger partial charge < -0.3 is 14.5 Å². The van der Waals surface area contributed by atoms with Crippen molar-refractivity contribution in [3.8, 4) is 5.69 Å². The number of para-hydroxylation sites is 1. The molecule has 0 bridgehead atoms. The van der Waals surface area contributed by atoms with E-state index >= 15 is 0 Å². The van der Waals surface area contributed by atoms with E-state index in [4.69, 9.17) is 4.74 Å². The molecule has 0 atom stereocenters. The molecule has 0 spiro atoms. The maximum absolute atomic E-state index is 13.0. The van der Waals surface area contributed by atoms with Crippen molar-refractivity contribution in [2.75, 3.05) is 32.8 Å². The first-order valence-corrected chi connectivity index (χ1v) is 8.99. The average Bonchev–Trinajstić information content (AvgIpc) is 3.12. The van der Waals surface area contributed by atoms with Crippen LogP contribution in [-0.4, -0.2) is 64.4 Å². The fraction of sp³-hybridized carbons (Fsp3) is 0.421. The van der Waals surface area contributed by atoms with Gasteiger partial charge >= 0.3 is 6.09 Å². The molecular weight excluding hydrogens is 332 g/mol. The average molecular weight is 356 g/mol. The predicted molar refractivity (Wildman–Crippen MR) is 97.4 cm³/mol. The standard InChI is InChI=1S/C19H24N4O3/c1-3-17-16(14-20-23(17)15-8-6-5-7-9-15)18(24)21-10-12-22(13-11-21)19(25)26-4-2/h5-9,14H,3-4,10-13H2,1-2H3. The van der Waals surface area contributed by atoms with Crippen LogP contribution >= 0.6 is 0 Å². The summed E-state index contributed by atoms with van der Waals surface area (Å²) in [5.41, 5.74) is 2.46. The normalized spacial score (nSPS) is 14.4. The molecule has 0 aliphatic carbocycles. The Kier molecular flexibility index (Phi) is 5.55. The van der Waals surface area contributed by atoms with Crippen molar-refractivity contribution in [2.24, 2.45) is 0 Å². The smallest absolute Gasteiger partial charge is 0.409 e. The molecular formula is C19H24N4O3. The first-order valence-electron chi connectivity index (χ1n) is 8.99. The summed E-state index contributed by atoms with van der Waals surface area (Å²) in [6.45, 7) is 6.13. The zero-order chi connectivity index (χ0) is 18.5. The summed E-state index contributed by atoms with van der Waals surface area (Å²) in [6, 6.07) is 9.80. The Balaban J connectivity index is 1.73. The van der Waals surface area contributed by atoms with Gasteiger partial charge in [0.15, 0.2) is 0 Å². The van der Waals surface area contributed by atoms with Crippen molar-refractivity contribution in [3.63, 3.8) is 0 Å². The van der Waals surface area contributed by atoms with Crippen molar-refractivity contribution in [1.29, 1.82) is 0 Å². The Bertz CT molecular complexity index is 764. The number of carbonyl (C=O) groups is 2. The highest BCUT2D eigenvalue weighted by molar-refractivity contribution is 5.95. The van der Waals surface area contributed by atoms with Gasteiger partial charge in [0, 0.05) is 26.2 Å². The number of benzene rings is 1. The summed E-state index contributed by atoms with van der Waals surface area (Å²) in [5.74, 6) is -0.0347. The molecule has 1 aliphatic rings. The molecule has 3 rings (SSSR count). The van der Waals surface area contributed by atoms with E-state index in [0.29, 0.717) is 44.8 Å². The summed E-state index contributed by atoms with van der Waals surface area (Å²) in [4.78, 5) is 28.2. The number of amides is 2. The van der Waals surface area contributed by atoms with E-state index in [-0.39, 0.29) is 12.0 Å². The van der Waals surface area contributed by atoms with Crippen LogP contribution in [0.5, 0.6) is 0 Å². The molecule has 1 aliphatic heterocycles. The minimum atomic E-state index is -0.314. The van der Waals surface area contributed by atoms with Crippen LogP contribution in [0.15, 0.2) is 36.5 Å². The molecule has 2 amide bonds. The zero-order valence-electron chi connectivity index (χ0n) is 15.2. The number of nitrogens with zero attached hydrogens (tertiary/aromatic N) is 4. The number of aromatic nitrogens is 2. The summed E-state index contributed by atoms with van der Waals surface area (Å²) in [7, 11) is 0. The Hall–Kier alpha value is -2.83. The van der Waals surface area contributed by atoms with E-state index in [9.17, 15) is 9.59 Å². The van der Waals surface area contributed by atoms with E-state index in [0.717, 1.165) is 11.4 Å². The van der Waals surface area contributed by atoms with Gasteiger partial charge in [0.1, 0.15) is 0 Å². The van der Waals surface area contributed by atoms with E-state index in [1.54, 1.807) is 22.9 Å². The number of rotatable bonds is 4. The van der Waals surface area contributed by atoms with Crippen molar-refractivity contribution >= 4 is 12.0 Å². The molecule has 2 aromatic rings. The molecule has 1 aromatic heterocycles. The highest BCUT2D eigenvalue weighted by Gasteiger charge is 2.28. The number of hydrogen-bond acceptors (Lipinski definition) is 4. The topological polar surface area (TPSA) is 67.7 Å². The molecule has 26 heavy (non-hydrogen) atoms. The van der Waals surface area contributed by atoms with E-state index in [1.807, 2.05) is 41.9 Å². The molecule has 2 heterocycles. The van der Waals surface area contributed by atoms with E-state index in [2.05, 4.69) is 5.10 Å². The van der Waals surface area contributed by atoms with Gasteiger partial charge in [-0.25, -0.2) is 9.48 Å². The second-order valence-corrected chi connectivity index (χ2v) is 6.08. The molecule has 1 fully saturated rings. The van der Waals surface area contributed by atoms with Crippen molar-refractivity contribution in [1.82, 2.24) is 19.6 Å². The van der Waals surface area contributed by atoms with Gasteiger partial charge in [-0.3, -0.25) is 4.79 Å². The Morgan fingerprint density at radius 3 is 2.31 bits per heavy atom. The van der Waals surface area contributed by atoms with Crippen LogP contribution in [0, 0.1) is 0 Å². The van der Waals surface area contributed by atoms with Gasteiger partial charge in [-0.2, -0.15) is 5.10 Å². The van der Waals surface area contributed by atoms with Crippen LogP contribution in [0.3, 0.4) is 0 Å². The molecule has 0 radical (unpaired) electrons.